The molecule has 5 rings (SSSR count). The molecular weight excluding hydrogens is 388 g/mol. The zero-order valence-corrected chi connectivity index (χ0v) is 17.9. The largest absolute Gasteiger partial charge is 0.379 e. The summed E-state index contributed by atoms with van der Waals surface area (Å²) in [5.74, 6) is 0.600. The predicted molar refractivity (Wildman–Crippen MR) is 117 cm³/mol. The summed E-state index contributed by atoms with van der Waals surface area (Å²) in [6.45, 7) is 6.01. The van der Waals surface area contributed by atoms with E-state index in [4.69, 9.17) is 9.72 Å². The Labute approximate surface area is 175 Å². The molecule has 3 aromatic heterocycles. The number of pyridine rings is 1. The van der Waals surface area contributed by atoms with E-state index in [0.717, 1.165) is 59.6 Å². The van der Waals surface area contributed by atoms with E-state index in [-0.39, 0.29) is 0 Å². The molecule has 0 N–H and O–H groups in total. The molecule has 7 heteroatoms. The lowest BCUT2D eigenvalue weighted by atomic mass is 9.81. The molecule has 4 heterocycles. The fraction of sp³-hybridized carbons (Fsp3) is 0.524. The van der Waals surface area contributed by atoms with Crippen LogP contribution < -0.4 is 0 Å². The number of morpholine rings is 1. The smallest absolute Gasteiger partial charge is 0.150 e. The van der Waals surface area contributed by atoms with E-state index >= 15 is 0 Å². The summed E-state index contributed by atoms with van der Waals surface area (Å²) in [5.41, 5.74) is 4.43. The van der Waals surface area contributed by atoms with Crippen molar-refractivity contribution < 1.29 is 4.74 Å². The lowest BCUT2D eigenvalue weighted by molar-refractivity contribution is 0.00729. The summed E-state index contributed by atoms with van der Waals surface area (Å²) in [7, 11) is 0. The normalized spacial score (nSPS) is 24.1. The maximum absolute atomic E-state index is 5.51. The molecule has 0 spiro atoms. The Morgan fingerprint density at radius 3 is 2.68 bits per heavy atom. The van der Waals surface area contributed by atoms with E-state index in [0.29, 0.717) is 5.92 Å². The molecule has 1 saturated carbocycles. The molecule has 0 amide bonds. The second-order valence-corrected chi connectivity index (χ2v) is 9.43. The van der Waals surface area contributed by atoms with Crippen LogP contribution in [0.4, 0.5) is 0 Å². The maximum atomic E-state index is 5.51. The molecule has 1 saturated heterocycles. The van der Waals surface area contributed by atoms with Crippen molar-refractivity contribution in [3.8, 4) is 11.3 Å². The maximum Gasteiger partial charge on any atom is 0.150 e. The van der Waals surface area contributed by atoms with Crippen LogP contribution >= 0.6 is 24.2 Å². The Hall–Kier alpha value is -1.41. The minimum atomic E-state index is 0.600. The summed E-state index contributed by atoms with van der Waals surface area (Å²) >= 11 is 6.26. The summed E-state index contributed by atoms with van der Waals surface area (Å²) < 4.78 is 7.33. The van der Waals surface area contributed by atoms with Crippen LogP contribution in [0.2, 0.25) is 0 Å². The summed E-state index contributed by atoms with van der Waals surface area (Å²) in [6, 6.07) is 3.06. The number of fused-ring (bicyclic) bond motifs is 1. The van der Waals surface area contributed by atoms with Crippen molar-refractivity contribution in [2.45, 2.75) is 44.6 Å². The SMILES string of the molecule is Cc1nc(-c2cn(S)c3ncc([C@H]4CC[C@@H](N5CCOCC5)CC4)cc23)cs1. The van der Waals surface area contributed by atoms with Crippen LogP contribution in [-0.2, 0) is 4.74 Å². The van der Waals surface area contributed by atoms with Crippen LogP contribution in [-0.4, -0.2) is 51.2 Å². The summed E-state index contributed by atoms with van der Waals surface area (Å²) in [4.78, 5) is 12.1. The van der Waals surface area contributed by atoms with Gasteiger partial charge in [-0.3, -0.25) is 8.87 Å². The average molecular weight is 415 g/mol. The van der Waals surface area contributed by atoms with E-state index in [1.54, 1.807) is 11.3 Å². The van der Waals surface area contributed by atoms with Gasteiger partial charge in [0.05, 0.1) is 23.9 Å². The molecule has 2 aliphatic rings. The first-order chi connectivity index (χ1) is 13.7. The second-order valence-electron chi connectivity index (χ2n) is 7.93. The molecule has 28 heavy (non-hydrogen) atoms. The Morgan fingerprint density at radius 2 is 1.96 bits per heavy atom. The van der Waals surface area contributed by atoms with E-state index in [1.807, 2.05) is 17.1 Å². The van der Waals surface area contributed by atoms with Crippen molar-refractivity contribution >= 4 is 35.2 Å². The molecule has 5 nitrogen and oxygen atoms in total. The molecule has 0 aromatic carbocycles. The Kier molecular flexibility index (Phi) is 5.17. The molecule has 0 radical (unpaired) electrons. The predicted octanol–water partition coefficient (Wildman–Crippen LogP) is 4.52. The zero-order valence-electron chi connectivity index (χ0n) is 16.2. The van der Waals surface area contributed by atoms with Gasteiger partial charge in [-0.25, -0.2) is 9.97 Å². The van der Waals surface area contributed by atoms with Gasteiger partial charge in [-0.15, -0.1) is 11.3 Å². The highest BCUT2D eigenvalue weighted by Crippen LogP contribution is 2.38. The highest BCUT2D eigenvalue weighted by Gasteiger charge is 2.28. The minimum Gasteiger partial charge on any atom is -0.379 e. The molecule has 0 atom stereocenters. The Bertz CT molecular complexity index is 968. The third kappa shape index (κ3) is 3.49. The number of aromatic nitrogens is 3. The van der Waals surface area contributed by atoms with E-state index in [9.17, 15) is 0 Å². The molecule has 1 aliphatic carbocycles. The van der Waals surface area contributed by atoms with E-state index < -0.39 is 0 Å². The molecule has 148 valence electrons. The number of thiol groups is 1. The number of ether oxygens (including phenoxy) is 1. The van der Waals surface area contributed by atoms with Gasteiger partial charge in [0.15, 0.2) is 0 Å². The lowest BCUT2D eigenvalue weighted by Gasteiger charge is -2.38. The second kappa shape index (κ2) is 7.78. The summed E-state index contributed by atoms with van der Waals surface area (Å²) in [5, 5.41) is 4.37. The molecule has 0 bridgehead atoms. The summed E-state index contributed by atoms with van der Waals surface area (Å²) in [6.07, 6.45) is 9.12. The van der Waals surface area contributed by atoms with E-state index in [2.05, 4.69) is 40.3 Å². The van der Waals surface area contributed by atoms with Crippen molar-refractivity contribution in [1.29, 1.82) is 0 Å². The van der Waals surface area contributed by atoms with Gasteiger partial charge in [0.1, 0.15) is 5.65 Å². The standard InChI is InChI=1S/C21H26N4OS2/c1-14-23-20(13-28-14)19-12-25(27)21-18(19)10-16(11-22-21)15-2-4-17(5-3-15)24-6-8-26-9-7-24/h10-13,15,17,27H,2-9H2,1H3/t15-,17+. The monoisotopic (exact) mass is 414 g/mol. The Balaban J connectivity index is 1.38. The van der Waals surface area contributed by atoms with Crippen LogP contribution in [0.3, 0.4) is 0 Å². The highest BCUT2D eigenvalue weighted by atomic mass is 32.1. The van der Waals surface area contributed by atoms with Gasteiger partial charge in [0, 0.05) is 47.9 Å². The zero-order chi connectivity index (χ0) is 19.1. The number of aryl methyl sites for hydroxylation is 1. The molecular formula is C21H26N4OS2. The van der Waals surface area contributed by atoms with Crippen molar-refractivity contribution in [1.82, 2.24) is 18.8 Å². The third-order valence-electron chi connectivity index (χ3n) is 6.27. The van der Waals surface area contributed by atoms with Gasteiger partial charge >= 0.3 is 0 Å². The molecule has 2 fully saturated rings. The van der Waals surface area contributed by atoms with Crippen LogP contribution in [0.25, 0.3) is 22.3 Å². The number of thiazole rings is 1. The average Bonchev–Trinajstić information content (AvgIpc) is 3.32. The topological polar surface area (TPSA) is 43.2 Å². The molecule has 1 aliphatic heterocycles. The van der Waals surface area contributed by atoms with Gasteiger partial charge in [-0.2, -0.15) is 0 Å². The minimum absolute atomic E-state index is 0.600. The van der Waals surface area contributed by atoms with Gasteiger partial charge in [-0.05, 0) is 50.2 Å². The molecule has 0 unspecified atom stereocenters. The van der Waals surface area contributed by atoms with Crippen molar-refractivity contribution in [2.24, 2.45) is 0 Å². The number of hydrogen-bond donors (Lipinski definition) is 1. The highest BCUT2D eigenvalue weighted by molar-refractivity contribution is 7.78. The van der Waals surface area contributed by atoms with Crippen LogP contribution in [0, 0.1) is 6.92 Å². The van der Waals surface area contributed by atoms with Crippen LogP contribution in [0.15, 0.2) is 23.8 Å². The molecule has 3 aromatic rings. The van der Waals surface area contributed by atoms with Crippen LogP contribution in [0.1, 0.15) is 42.2 Å². The van der Waals surface area contributed by atoms with Crippen molar-refractivity contribution in [3.05, 3.63) is 34.4 Å². The van der Waals surface area contributed by atoms with Crippen molar-refractivity contribution in [2.75, 3.05) is 26.3 Å². The van der Waals surface area contributed by atoms with E-state index in [1.165, 1.54) is 31.2 Å². The first-order valence-corrected chi connectivity index (χ1v) is 11.4. The Morgan fingerprint density at radius 1 is 1.18 bits per heavy atom. The van der Waals surface area contributed by atoms with Crippen molar-refractivity contribution in [3.63, 3.8) is 0 Å². The first-order valence-electron chi connectivity index (χ1n) is 10.1. The van der Waals surface area contributed by atoms with Crippen LogP contribution in [0.5, 0.6) is 0 Å². The number of hydrogen-bond acceptors (Lipinski definition) is 6. The van der Waals surface area contributed by atoms with Gasteiger partial charge in [0.2, 0.25) is 0 Å². The first kappa shape index (κ1) is 18.6. The third-order valence-corrected chi connectivity index (χ3v) is 7.35. The quantitative estimate of drug-likeness (QED) is 0.640. The van der Waals surface area contributed by atoms with Gasteiger partial charge < -0.3 is 4.74 Å². The number of rotatable bonds is 3. The van der Waals surface area contributed by atoms with Gasteiger partial charge in [0.25, 0.3) is 0 Å². The number of nitrogens with zero attached hydrogens (tertiary/aromatic N) is 4. The fourth-order valence-corrected chi connectivity index (χ4v) is 5.63. The van der Waals surface area contributed by atoms with Gasteiger partial charge in [-0.1, -0.05) is 12.8 Å². The fourth-order valence-electron chi connectivity index (χ4n) is 4.74. The lowest BCUT2D eigenvalue weighted by Crippen LogP contribution is -2.44.